The lowest BCUT2D eigenvalue weighted by molar-refractivity contribution is -0.139. The van der Waals surface area contributed by atoms with Crippen LogP contribution in [0.2, 0.25) is 0 Å². The fraction of sp³-hybridized carbons (Fsp3) is 0.273. The first kappa shape index (κ1) is 12.0. The van der Waals surface area contributed by atoms with Crippen LogP contribution < -0.4 is 11.1 Å². The van der Waals surface area contributed by atoms with Gasteiger partial charge < -0.3 is 15.8 Å². The Hall–Kier alpha value is -2.04. The number of nitrogens with two attached hydrogens (primary N) is 1. The number of methoxy groups -OCH3 is 1. The molecular formula is C11H14N2O3. The molecule has 0 unspecified atom stereocenters. The Labute approximate surface area is 93.6 Å². The summed E-state index contributed by atoms with van der Waals surface area (Å²) in [6.07, 6.45) is 0. The van der Waals surface area contributed by atoms with Crippen LogP contribution >= 0.6 is 0 Å². The third-order valence-corrected chi connectivity index (χ3v) is 2.15. The van der Waals surface area contributed by atoms with Crippen LogP contribution in [0.25, 0.3) is 0 Å². The number of esters is 1. The number of ether oxygens (including phenoxy) is 1. The lowest BCUT2D eigenvalue weighted by Crippen LogP contribution is -2.30. The molecule has 0 aromatic heterocycles. The van der Waals surface area contributed by atoms with Gasteiger partial charge in [0.15, 0.2) is 0 Å². The van der Waals surface area contributed by atoms with E-state index >= 15 is 0 Å². The van der Waals surface area contributed by atoms with Gasteiger partial charge in [-0.2, -0.15) is 0 Å². The molecule has 16 heavy (non-hydrogen) atoms. The molecule has 0 heterocycles. The van der Waals surface area contributed by atoms with Crippen molar-refractivity contribution in [3.05, 3.63) is 29.3 Å². The Bertz CT molecular complexity index is 416. The Morgan fingerprint density at radius 2 is 2.12 bits per heavy atom. The molecule has 0 bridgehead atoms. The largest absolute Gasteiger partial charge is 0.468 e. The smallest absolute Gasteiger partial charge is 0.325 e. The van der Waals surface area contributed by atoms with Crippen molar-refractivity contribution in [2.24, 2.45) is 0 Å². The molecule has 0 saturated heterocycles. The van der Waals surface area contributed by atoms with Crippen LogP contribution in [0, 0.1) is 6.92 Å². The molecule has 1 aromatic carbocycles. The van der Waals surface area contributed by atoms with E-state index in [0.717, 1.165) is 5.56 Å². The second-order valence-corrected chi connectivity index (χ2v) is 3.33. The number of carbonyl (C=O) groups is 2. The number of aryl methyl sites for hydroxylation is 1. The molecule has 0 aliphatic rings. The second kappa shape index (κ2) is 5.16. The van der Waals surface area contributed by atoms with Crippen LogP contribution in [0.5, 0.6) is 0 Å². The zero-order valence-electron chi connectivity index (χ0n) is 9.24. The minimum atomic E-state index is -0.486. The molecule has 86 valence electrons. The zero-order valence-corrected chi connectivity index (χ0v) is 9.24. The summed E-state index contributed by atoms with van der Waals surface area (Å²) in [6.45, 7) is 1.67. The summed E-state index contributed by atoms with van der Waals surface area (Å²) < 4.78 is 4.41. The second-order valence-electron chi connectivity index (χ2n) is 3.33. The van der Waals surface area contributed by atoms with Gasteiger partial charge in [-0.25, -0.2) is 0 Å². The third kappa shape index (κ3) is 2.98. The predicted octanol–water partition coefficient (Wildman–Crippen LogP) is 0.480. The van der Waals surface area contributed by atoms with Gasteiger partial charge in [-0.1, -0.05) is 0 Å². The molecule has 1 amide bonds. The highest BCUT2D eigenvalue weighted by atomic mass is 16.5. The topological polar surface area (TPSA) is 81.4 Å². The van der Waals surface area contributed by atoms with Gasteiger partial charge in [-0.05, 0) is 30.7 Å². The molecule has 0 aliphatic carbocycles. The first-order valence-electron chi connectivity index (χ1n) is 4.75. The number of rotatable bonds is 3. The maximum atomic E-state index is 11.6. The maximum absolute atomic E-state index is 11.6. The number of nitrogen functional groups attached to an aromatic ring is 1. The van der Waals surface area contributed by atoms with Crippen molar-refractivity contribution < 1.29 is 14.3 Å². The highest BCUT2D eigenvalue weighted by Gasteiger charge is 2.08. The number of carbonyl (C=O) groups excluding carboxylic acids is 2. The molecule has 0 saturated carbocycles. The summed E-state index contributed by atoms with van der Waals surface area (Å²) in [7, 11) is 1.27. The van der Waals surface area contributed by atoms with Crippen molar-refractivity contribution in [2.75, 3.05) is 19.4 Å². The van der Waals surface area contributed by atoms with E-state index in [9.17, 15) is 9.59 Å². The number of benzene rings is 1. The molecule has 0 atom stereocenters. The van der Waals surface area contributed by atoms with Gasteiger partial charge in [-0.3, -0.25) is 9.59 Å². The molecule has 5 nitrogen and oxygen atoms in total. The van der Waals surface area contributed by atoms with Crippen molar-refractivity contribution in [1.82, 2.24) is 5.32 Å². The van der Waals surface area contributed by atoms with E-state index < -0.39 is 5.97 Å². The predicted molar refractivity (Wildman–Crippen MR) is 59.9 cm³/mol. The molecule has 0 fully saturated rings. The first-order chi connectivity index (χ1) is 7.54. The standard InChI is InChI=1S/C11H14N2O3/c1-7-5-8(3-4-9(7)12)11(15)13-6-10(14)16-2/h3-5H,6,12H2,1-2H3,(H,13,15). The van der Waals surface area contributed by atoms with Gasteiger partial charge in [0.05, 0.1) is 7.11 Å². The van der Waals surface area contributed by atoms with E-state index in [4.69, 9.17) is 5.73 Å². The minimum Gasteiger partial charge on any atom is -0.468 e. The van der Waals surface area contributed by atoms with Crippen molar-refractivity contribution in [2.45, 2.75) is 6.92 Å². The van der Waals surface area contributed by atoms with E-state index in [1.54, 1.807) is 18.2 Å². The van der Waals surface area contributed by atoms with Gasteiger partial charge in [0.25, 0.3) is 5.91 Å². The van der Waals surface area contributed by atoms with Crippen LogP contribution in [-0.2, 0) is 9.53 Å². The number of nitrogens with one attached hydrogen (secondary N) is 1. The monoisotopic (exact) mass is 222 g/mol. The zero-order chi connectivity index (χ0) is 12.1. The molecule has 3 N–H and O–H groups in total. The fourth-order valence-corrected chi connectivity index (χ4v) is 1.14. The highest BCUT2D eigenvalue weighted by Crippen LogP contribution is 2.12. The Kier molecular flexibility index (Phi) is 3.88. The van der Waals surface area contributed by atoms with E-state index in [1.807, 2.05) is 6.92 Å². The number of amides is 1. The first-order valence-corrected chi connectivity index (χ1v) is 4.75. The van der Waals surface area contributed by atoms with Crippen LogP contribution in [0.3, 0.4) is 0 Å². The van der Waals surface area contributed by atoms with Gasteiger partial charge in [0.2, 0.25) is 0 Å². The van der Waals surface area contributed by atoms with Crippen molar-refractivity contribution in [3.8, 4) is 0 Å². The van der Waals surface area contributed by atoms with Crippen molar-refractivity contribution in [3.63, 3.8) is 0 Å². The maximum Gasteiger partial charge on any atom is 0.325 e. The fourth-order valence-electron chi connectivity index (χ4n) is 1.14. The quantitative estimate of drug-likeness (QED) is 0.575. The molecule has 1 aromatic rings. The van der Waals surface area contributed by atoms with E-state index in [2.05, 4.69) is 10.1 Å². The van der Waals surface area contributed by atoms with Gasteiger partial charge in [-0.15, -0.1) is 0 Å². The summed E-state index contributed by atoms with van der Waals surface area (Å²) in [4.78, 5) is 22.4. The Balaban J connectivity index is 2.66. The van der Waals surface area contributed by atoms with Crippen LogP contribution in [0.1, 0.15) is 15.9 Å². The molecule has 0 radical (unpaired) electrons. The lowest BCUT2D eigenvalue weighted by atomic mass is 10.1. The Morgan fingerprint density at radius 1 is 1.44 bits per heavy atom. The SMILES string of the molecule is COC(=O)CNC(=O)c1ccc(N)c(C)c1. The van der Waals surface area contributed by atoms with Crippen molar-refractivity contribution >= 4 is 17.6 Å². The number of hydrogen-bond donors (Lipinski definition) is 2. The summed E-state index contributed by atoms with van der Waals surface area (Å²) in [5, 5.41) is 2.44. The molecular weight excluding hydrogens is 208 g/mol. The third-order valence-electron chi connectivity index (χ3n) is 2.15. The number of anilines is 1. The van der Waals surface area contributed by atoms with E-state index in [0.29, 0.717) is 11.3 Å². The molecule has 5 heteroatoms. The summed E-state index contributed by atoms with van der Waals surface area (Å²) >= 11 is 0. The van der Waals surface area contributed by atoms with Gasteiger partial charge in [0, 0.05) is 11.3 Å². The summed E-state index contributed by atoms with van der Waals surface area (Å²) in [5.41, 5.74) is 7.55. The average Bonchev–Trinajstić information content (AvgIpc) is 2.29. The molecule has 0 aliphatic heterocycles. The number of hydrogen-bond acceptors (Lipinski definition) is 4. The molecule has 1 rings (SSSR count). The lowest BCUT2D eigenvalue weighted by Gasteiger charge is -2.06. The molecule has 0 spiro atoms. The van der Waals surface area contributed by atoms with Crippen LogP contribution in [-0.4, -0.2) is 25.5 Å². The summed E-state index contributed by atoms with van der Waals surface area (Å²) in [5.74, 6) is -0.811. The van der Waals surface area contributed by atoms with E-state index in [1.165, 1.54) is 7.11 Å². The normalized spacial score (nSPS) is 9.62. The van der Waals surface area contributed by atoms with Crippen molar-refractivity contribution in [1.29, 1.82) is 0 Å². The van der Waals surface area contributed by atoms with Crippen LogP contribution in [0.4, 0.5) is 5.69 Å². The van der Waals surface area contributed by atoms with Crippen LogP contribution in [0.15, 0.2) is 18.2 Å². The summed E-state index contributed by atoms with van der Waals surface area (Å²) in [6, 6.07) is 4.93. The van der Waals surface area contributed by atoms with Gasteiger partial charge >= 0.3 is 5.97 Å². The minimum absolute atomic E-state index is 0.140. The van der Waals surface area contributed by atoms with Gasteiger partial charge in [0.1, 0.15) is 6.54 Å². The highest BCUT2D eigenvalue weighted by molar-refractivity contribution is 5.96. The Morgan fingerprint density at radius 3 is 2.69 bits per heavy atom. The average molecular weight is 222 g/mol. The van der Waals surface area contributed by atoms with E-state index in [-0.39, 0.29) is 12.5 Å².